The summed E-state index contributed by atoms with van der Waals surface area (Å²) in [6.45, 7) is 0. The highest BCUT2D eigenvalue weighted by Crippen LogP contribution is 2.25. The van der Waals surface area contributed by atoms with Crippen LogP contribution in [-0.4, -0.2) is 9.97 Å². The molecule has 1 aromatic heterocycles. The lowest BCUT2D eigenvalue weighted by Crippen LogP contribution is -1.96. The number of nitrogens with zero attached hydrogens (tertiary/aromatic N) is 2. The van der Waals surface area contributed by atoms with Gasteiger partial charge in [0.15, 0.2) is 11.6 Å². The summed E-state index contributed by atoms with van der Waals surface area (Å²) < 4.78 is 19.3. The van der Waals surface area contributed by atoms with Gasteiger partial charge < -0.3 is 10.5 Å². The first-order chi connectivity index (χ1) is 7.65. The molecule has 0 aliphatic heterocycles. The minimum absolute atomic E-state index is 0.0787. The lowest BCUT2D eigenvalue weighted by atomic mass is 10.3. The Balaban J connectivity index is 2.27. The molecular weight excluding hydrogens is 277 g/mol. The van der Waals surface area contributed by atoms with Crippen molar-refractivity contribution < 1.29 is 9.13 Å². The van der Waals surface area contributed by atoms with Gasteiger partial charge in [0.25, 0.3) is 0 Å². The molecule has 0 fully saturated rings. The van der Waals surface area contributed by atoms with Gasteiger partial charge in [-0.05, 0) is 18.2 Å². The van der Waals surface area contributed by atoms with E-state index in [1.807, 2.05) is 0 Å². The van der Waals surface area contributed by atoms with Crippen LogP contribution in [-0.2, 0) is 0 Å². The Morgan fingerprint density at radius 3 is 2.81 bits per heavy atom. The molecule has 1 aromatic carbocycles. The van der Waals surface area contributed by atoms with Crippen LogP contribution in [0.4, 0.5) is 10.3 Å². The van der Waals surface area contributed by atoms with E-state index in [2.05, 4.69) is 25.9 Å². The SMILES string of the molecule is Nc1nccc(Oc2ccc(Br)cc2F)n1. The van der Waals surface area contributed by atoms with Gasteiger partial charge in [0.05, 0.1) is 0 Å². The van der Waals surface area contributed by atoms with Crippen LogP contribution >= 0.6 is 15.9 Å². The van der Waals surface area contributed by atoms with Crippen LogP contribution in [0.15, 0.2) is 34.9 Å². The van der Waals surface area contributed by atoms with Crippen LogP contribution in [0.5, 0.6) is 11.6 Å². The highest BCUT2D eigenvalue weighted by molar-refractivity contribution is 9.10. The second-order valence-electron chi connectivity index (χ2n) is 2.93. The van der Waals surface area contributed by atoms with Gasteiger partial charge in [-0.1, -0.05) is 15.9 Å². The molecular formula is C10H7BrFN3O. The first-order valence-electron chi connectivity index (χ1n) is 4.36. The van der Waals surface area contributed by atoms with Crippen LogP contribution in [0.3, 0.4) is 0 Å². The standard InChI is InChI=1S/C10H7BrFN3O/c11-6-1-2-8(7(12)5-6)16-9-3-4-14-10(13)15-9/h1-5H,(H2,13,14,15). The van der Waals surface area contributed by atoms with Crippen molar-refractivity contribution in [2.24, 2.45) is 0 Å². The predicted molar refractivity (Wildman–Crippen MR) is 60.6 cm³/mol. The molecule has 0 unspecified atom stereocenters. The van der Waals surface area contributed by atoms with Crippen molar-refractivity contribution in [3.63, 3.8) is 0 Å². The molecule has 0 bridgehead atoms. The lowest BCUT2D eigenvalue weighted by Gasteiger charge is -2.05. The average Bonchev–Trinajstić information content (AvgIpc) is 2.22. The fourth-order valence-electron chi connectivity index (χ4n) is 1.08. The fourth-order valence-corrected chi connectivity index (χ4v) is 1.42. The van der Waals surface area contributed by atoms with E-state index in [4.69, 9.17) is 10.5 Å². The number of hydrogen-bond donors (Lipinski definition) is 1. The van der Waals surface area contributed by atoms with Gasteiger partial charge in [-0.2, -0.15) is 4.98 Å². The van der Waals surface area contributed by atoms with Crippen LogP contribution in [0, 0.1) is 5.82 Å². The molecule has 2 N–H and O–H groups in total. The monoisotopic (exact) mass is 283 g/mol. The molecule has 6 heteroatoms. The Hall–Kier alpha value is -1.69. The van der Waals surface area contributed by atoms with Crippen molar-refractivity contribution >= 4 is 21.9 Å². The average molecular weight is 284 g/mol. The summed E-state index contributed by atoms with van der Waals surface area (Å²) in [6.07, 6.45) is 1.44. The second-order valence-corrected chi connectivity index (χ2v) is 3.85. The summed E-state index contributed by atoms with van der Waals surface area (Å²) >= 11 is 3.15. The predicted octanol–water partition coefficient (Wildman–Crippen LogP) is 2.75. The molecule has 2 rings (SSSR count). The molecule has 0 aliphatic carbocycles. The van der Waals surface area contributed by atoms with Gasteiger partial charge in [-0.15, -0.1) is 0 Å². The van der Waals surface area contributed by atoms with E-state index in [0.29, 0.717) is 4.47 Å². The maximum atomic E-state index is 13.4. The normalized spacial score (nSPS) is 10.1. The van der Waals surface area contributed by atoms with Crippen LogP contribution in [0.2, 0.25) is 0 Å². The number of nitrogen functional groups attached to an aromatic ring is 1. The maximum Gasteiger partial charge on any atom is 0.224 e. The van der Waals surface area contributed by atoms with E-state index in [1.165, 1.54) is 24.4 Å². The number of anilines is 1. The molecule has 0 saturated carbocycles. The quantitative estimate of drug-likeness (QED) is 0.921. The number of benzene rings is 1. The van der Waals surface area contributed by atoms with Gasteiger partial charge >= 0.3 is 0 Å². The topological polar surface area (TPSA) is 61.0 Å². The van der Waals surface area contributed by atoms with E-state index >= 15 is 0 Å². The first kappa shape index (κ1) is 10.8. The zero-order valence-electron chi connectivity index (χ0n) is 8.02. The highest BCUT2D eigenvalue weighted by Gasteiger charge is 2.06. The molecule has 0 aliphatic rings. The zero-order chi connectivity index (χ0) is 11.5. The number of ether oxygens (including phenoxy) is 1. The Kier molecular flexibility index (Phi) is 3.00. The Bertz CT molecular complexity index is 521. The van der Waals surface area contributed by atoms with Crippen molar-refractivity contribution in [1.29, 1.82) is 0 Å². The van der Waals surface area contributed by atoms with Crippen molar-refractivity contribution in [1.82, 2.24) is 9.97 Å². The van der Waals surface area contributed by atoms with Gasteiger partial charge in [-0.25, -0.2) is 9.37 Å². The summed E-state index contributed by atoms with van der Waals surface area (Å²) in [5, 5.41) is 0. The molecule has 82 valence electrons. The molecule has 1 heterocycles. The summed E-state index contributed by atoms with van der Waals surface area (Å²) in [5.41, 5.74) is 5.37. The molecule has 2 aromatic rings. The highest BCUT2D eigenvalue weighted by atomic mass is 79.9. The summed E-state index contributed by atoms with van der Waals surface area (Å²) in [5.74, 6) is -0.114. The van der Waals surface area contributed by atoms with Crippen molar-refractivity contribution in [2.75, 3.05) is 5.73 Å². The van der Waals surface area contributed by atoms with Gasteiger partial charge in [0.1, 0.15) is 0 Å². The summed E-state index contributed by atoms with van der Waals surface area (Å²) in [7, 11) is 0. The smallest absolute Gasteiger partial charge is 0.224 e. The van der Waals surface area contributed by atoms with E-state index in [0.717, 1.165) is 0 Å². The lowest BCUT2D eigenvalue weighted by molar-refractivity contribution is 0.427. The molecule has 0 atom stereocenters. The van der Waals surface area contributed by atoms with Crippen molar-refractivity contribution in [3.05, 3.63) is 40.8 Å². The van der Waals surface area contributed by atoms with Crippen molar-refractivity contribution in [3.8, 4) is 11.6 Å². The molecule has 0 radical (unpaired) electrons. The minimum Gasteiger partial charge on any atom is -0.436 e. The molecule has 0 spiro atoms. The number of nitrogens with two attached hydrogens (primary N) is 1. The third-order valence-electron chi connectivity index (χ3n) is 1.76. The largest absolute Gasteiger partial charge is 0.436 e. The van der Waals surface area contributed by atoms with Crippen LogP contribution < -0.4 is 10.5 Å². The summed E-state index contributed by atoms with van der Waals surface area (Å²) in [6, 6.07) is 5.97. The Morgan fingerprint density at radius 2 is 2.12 bits per heavy atom. The third-order valence-corrected chi connectivity index (χ3v) is 2.25. The third kappa shape index (κ3) is 2.46. The molecule has 0 amide bonds. The van der Waals surface area contributed by atoms with Gasteiger partial charge in [-0.3, -0.25) is 0 Å². The Morgan fingerprint density at radius 1 is 1.31 bits per heavy atom. The first-order valence-corrected chi connectivity index (χ1v) is 5.16. The fraction of sp³-hybridized carbons (Fsp3) is 0. The number of rotatable bonds is 2. The molecule has 0 saturated heterocycles. The van der Waals surface area contributed by atoms with E-state index < -0.39 is 5.82 Å². The van der Waals surface area contributed by atoms with E-state index in [9.17, 15) is 4.39 Å². The number of halogens is 2. The van der Waals surface area contributed by atoms with Gasteiger partial charge in [0, 0.05) is 16.7 Å². The van der Waals surface area contributed by atoms with Crippen molar-refractivity contribution in [2.45, 2.75) is 0 Å². The van der Waals surface area contributed by atoms with E-state index in [-0.39, 0.29) is 17.6 Å². The number of hydrogen-bond acceptors (Lipinski definition) is 4. The summed E-state index contributed by atoms with van der Waals surface area (Å²) in [4.78, 5) is 7.50. The minimum atomic E-state index is -0.480. The second kappa shape index (κ2) is 4.44. The molecule has 16 heavy (non-hydrogen) atoms. The van der Waals surface area contributed by atoms with Crippen LogP contribution in [0.25, 0.3) is 0 Å². The maximum absolute atomic E-state index is 13.4. The molecule has 4 nitrogen and oxygen atoms in total. The zero-order valence-corrected chi connectivity index (χ0v) is 9.61. The van der Waals surface area contributed by atoms with Gasteiger partial charge in [0.2, 0.25) is 11.8 Å². The Labute approximate surface area is 99.4 Å². The van der Waals surface area contributed by atoms with Crippen LogP contribution in [0.1, 0.15) is 0 Å². The van der Waals surface area contributed by atoms with E-state index in [1.54, 1.807) is 6.07 Å². The number of aromatic nitrogens is 2.